The van der Waals surface area contributed by atoms with Gasteiger partial charge in [0.1, 0.15) is 12.4 Å². The van der Waals surface area contributed by atoms with Gasteiger partial charge in [-0.3, -0.25) is 9.80 Å². The van der Waals surface area contributed by atoms with Crippen molar-refractivity contribution in [3.05, 3.63) is 64.1 Å². The second-order valence-electron chi connectivity index (χ2n) is 7.23. The van der Waals surface area contributed by atoms with Gasteiger partial charge < -0.3 is 14.6 Å². The highest BCUT2D eigenvalue weighted by Crippen LogP contribution is 2.15. The Hall–Kier alpha value is -0.760. The normalized spacial score (nSPS) is 15.6. The first-order valence-electron chi connectivity index (χ1n) is 9.92. The number of rotatable bonds is 10. The van der Waals surface area contributed by atoms with Crippen molar-refractivity contribution in [1.82, 2.24) is 9.80 Å². The van der Waals surface area contributed by atoms with Crippen LogP contribution in [0, 0.1) is 0 Å². The van der Waals surface area contributed by atoms with Gasteiger partial charge in [-0.15, -0.1) is 24.8 Å². The predicted molar refractivity (Wildman–Crippen MR) is 131 cm³/mol. The van der Waals surface area contributed by atoms with Crippen molar-refractivity contribution in [3.63, 3.8) is 0 Å². The van der Waals surface area contributed by atoms with Crippen molar-refractivity contribution in [2.45, 2.75) is 12.6 Å². The van der Waals surface area contributed by atoms with E-state index in [9.17, 15) is 5.11 Å². The second kappa shape index (κ2) is 15.1. The minimum absolute atomic E-state index is 0. The molecule has 0 aromatic heterocycles. The third-order valence-electron chi connectivity index (χ3n) is 4.87. The summed E-state index contributed by atoms with van der Waals surface area (Å²) >= 11 is 11.8. The largest absolute Gasteiger partial charge is 0.491 e. The smallest absolute Gasteiger partial charge is 0.119 e. The molecule has 1 unspecified atom stereocenters. The molecule has 174 valence electrons. The van der Waals surface area contributed by atoms with E-state index in [1.165, 1.54) is 5.56 Å². The number of piperazine rings is 1. The molecule has 1 heterocycles. The van der Waals surface area contributed by atoms with Gasteiger partial charge in [0.2, 0.25) is 0 Å². The lowest BCUT2D eigenvalue weighted by Crippen LogP contribution is -2.48. The zero-order valence-corrected chi connectivity index (χ0v) is 20.4. The summed E-state index contributed by atoms with van der Waals surface area (Å²) in [7, 11) is 0. The number of aliphatic hydroxyl groups is 1. The minimum Gasteiger partial charge on any atom is -0.491 e. The maximum atomic E-state index is 10.2. The van der Waals surface area contributed by atoms with E-state index in [2.05, 4.69) is 21.9 Å². The zero-order chi connectivity index (χ0) is 20.5. The molecule has 1 aliphatic rings. The fourth-order valence-electron chi connectivity index (χ4n) is 3.30. The minimum atomic E-state index is -0.492. The Morgan fingerprint density at radius 2 is 1.35 bits per heavy atom. The molecule has 2 aromatic carbocycles. The molecule has 0 saturated carbocycles. The highest BCUT2D eigenvalue weighted by molar-refractivity contribution is 6.30. The van der Waals surface area contributed by atoms with E-state index in [1.807, 2.05) is 24.3 Å². The number of hydrogen-bond donors (Lipinski definition) is 1. The number of benzene rings is 2. The molecule has 3 rings (SSSR count). The first-order chi connectivity index (χ1) is 14.1. The van der Waals surface area contributed by atoms with Crippen molar-refractivity contribution in [3.8, 4) is 5.75 Å². The van der Waals surface area contributed by atoms with Crippen LogP contribution in [0.2, 0.25) is 10.0 Å². The summed E-state index contributed by atoms with van der Waals surface area (Å²) in [6.07, 6.45) is -0.492. The van der Waals surface area contributed by atoms with Crippen LogP contribution in [-0.2, 0) is 11.3 Å². The number of ether oxygens (including phenoxy) is 2. The van der Waals surface area contributed by atoms with Crippen LogP contribution in [0.25, 0.3) is 0 Å². The first-order valence-corrected chi connectivity index (χ1v) is 10.7. The molecule has 1 aliphatic heterocycles. The summed E-state index contributed by atoms with van der Waals surface area (Å²) in [6.45, 7) is 6.64. The van der Waals surface area contributed by atoms with Crippen LogP contribution in [0.3, 0.4) is 0 Å². The molecule has 1 saturated heterocycles. The highest BCUT2D eigenvalue weighted by atomic mass is 35.5. The Bertz CT molecular complexity index is 727. The average Bonchev–Trinajstić information content (AvgIpc) is 2.72. The van der Waals surface area contributed by atoms with Gasteiger partial charge in [-0.05, 0) is 42.0 Å². The monoisotopic (exact) mass is 510 g/mol. The number of nitrogens with zero attached hydrogens (tertiary/aromatic N) is 2. The summed E-state index contributed by atoms with van der Waals surface area (Å²) in [5.41, 5.74) is 1.28. The molecule has 0 radical (unpaired) electrons. The lowest BCUT2D eigenvalue weighted by molar-refractivity contribution is -0.000435. The molecule has 1 fully saturated rings. The quantitative estimate of drug-likeness (QED) is 0.478. The van der Waals surface area contributed by atoms with Gasteiger partial charge in [-0.2, -0.15) is 0 Å². The second-order valence-corrected chi connectivity index (χ2v) is 8.11. The lowest BCUT2D eigenvalue weighted by Gasteiger charge is -2.35. The van der Waals surface area contributed by atoms with Crippen molar-refractivity contribution >= 4 is 48.0 Å². The van der Waals surface area contributed by atoms with Crippen molar-refractivity contribution in [2.75, 3.05) is 52.5 Å². The van der Waals surface area contributed by atoms with Crippen LogP contribution in [0.5, 0.6) is 5.75 Å². The Labute approximate surface area is 207 Å². The van der Waals surface area contributed by atoms with Crippen LogP contribution in [-0.4, -0.2) is 73.6 Å². The predicted octanol–water partition coefficient (Wildman–Crippen LogP) is 4.41. The van der Waals surface area contributed by atoms with Gasteiger partial charge in [0.05, 0.1) is 19.3 Å². The van der Waals surface area contributed by atoms with E-state index in [4.69, 9.17) is 32.7 Å². The molecule has 31 heavy (non-hydrogen) atoms. The molecule has 9 heteroatoms. The molecule has 0 bridgehead atoms. The number of aliphatic hydroxyl groups excluding tert-OH is 1. The average molecular weight is 512 g/mol. The Morgan fingerprint density at radius 3 is 1.97 bits per heavy atom. The molecule has 2 aromatic rings. The van der Waals surface area contributed by atoms with Gasteiger partial charge >= 0.3 is 0 Å². The molecule has 1 N–H and O–H groups in total. The molecule has 0 aliphatic carbocycles. The summed E-state index contributed by atoms with van der Waals surface area (Å²) in [5.74, 6) is 0.759. The zero-order valence-electron chi connectivity index (χ0n) is 17.3. The molecule has 5 nitrogen and oxygen atoms in total. The molecular weight excluding hydrogens is 482 g/mol. The van der Waals surface area contributed by atoms with Crippen LogP contribution in [0.1, 0.15) is 5.56 Å². The number of hydrogen-bond acceptors (Lipinski definition) is 5. The van der Waals surface area contributed by atoms with Crippen LogP contribution < -0.4 is 4.74 Å². The maximum Gasteiger partial charge on any atom is 0.119 e. The molecule has 0 amide bonds. The summed E-state index contributed by atoms with van der Waals surface area (Å²) in [4.78, 5) is 4.72. The van der Waals surface area contributed by atoms with Crippen molar-refractivity contribution in [2.24, 2.45) is 0 Å². The van der Waals surface area contributed by atoms with E-state index in [-0.39, 0.29) is 24.8 Å². The van der Waals surface area contributed by atoms with Gasteiger partial charge in [0.15, 0.2) is 0 Å². The standard InChI is InChI=1S/C22H28Cl2N2O3.2ClH/c23-19-3-1-18(2-4-19)15-25-9-11-26(12-10-25)16-21(27)17-28-13-14-29-22-7-5-20(24)6-8-22;;/h1-8,21,27H,9-17H2;2*1H. The Morgan fingerprint density at radius 1 is 0.806 bits per heavy atom. The summed E-state index contributed by atoms with van der Waals surface area (Å²) < 4.78 is 11.1. The first kappa shape index (κ1) is 28.3. The third-order valence-corrected chi connectivity index (χ3v) is 5.38. The highest BCUT2D eigenvalue weighted by Gasteiger charge is 2.19. The summed E-state index contributed by atoms with van der Waals surface area (Å²) in [5, 5.41) is 11.7. The fraction of sp³-hybridized carbons (Fsp3) is 0.455. The van der Waals surface area contributed by atoms with Gasteiger partial charge in [-0.1, -0.05) is 35.3 Å². The molecular formula is C22H30Cl4N2O3. The number of β-amino-alcohol motifs (C(OH)–C–C–N with tert-alkyl or cyclic N) is 1. The van der Waals surface area contributed by atoms with Gasteiger partial charge in [0.25, 0.3) is 0 Å². The molecule has 1 atom stereocenters. The topological polar surface area (TPSA) is 45.2 Å². The van der Waals surface area contributed by atoms with E-state index in [0.717, 1.165) is 43.5 Å². The maximum absolute atomic E-state index is 10.2. The van der Waals surface area contributed by atoms with E-state index in [1.54, 1.807) is 12.1 Å². The van der Waals surface area contributed by atoms with Crippen molar-refractivity contribution in [1.29, 1.82) is 0 Å². The van der Waals surface area contributed by atoms with E-state index >= 15 is 0 Å². The SMILES string of the molecule is Cl.Cl.OC(COCCOc1ccc(Cl)cc1)CN1CCN(Cc2ccc(Cl)cc2)CC1. The number of halogens is 4. The lowest BCUT2D eigenvalue weighted by atomic mass is 10.2. The fourth-order valence-corrected chi connectivity index (χ4v) is 3.55. The van der Waals surface area contributed by atoms with Crippen molar-refractivity contribution < 1.29 is 14.6 Å². The Balaban J connectivity index is 0.00000240. The van der Waals surface area contributed by atoms with Crippen LogP contribution >= 0.6 is 48.0 Å². The summed E-state index contributed by atoms with van der Waals surface area (Å²) in [6, 6.07) is 15.2. The molecule has 0 spiro atoms. The van der Waals surface area contributed by atoms with Crippen LogP contribution in [0.4, 0.5) is 0 Å². The van der Waals surface area contributed by atoms with E-state index < -0.39 is 6.10 Å². The third kappa shape index (κ3) is 10.6. The Kier molecular flexibility index (Phi) is 13.8. The van der Waals surface area contributed by atoms with Gasteiger partial charge in [0, 0.05) is 49.3 Å². The van der Waals surface area contributed by atoms with Crippen LogP contribution in [0.15, 0.2) is 48.5 Å². The van der Waals surface area contributed by atoms with Gasteiger partial charge in [-0.25, -0.2) is 0 Å². The van der Waals surface area contributed by atoms with E-state index in [0.29, 0.717) is 31.4 Å².